The zero-order valence-corrected chi connectivity index (χ0v) is 14.1. The summed E-state index contributed by atoms with van der Waals surface area (Å²) in [6.07, 6.45) is 0. The van der Waals surface area contributed by atoms with Crippen molar-refractivity contribution in [2.24, 2.45) is 0 Å². The first-order valence-corrected chi connectivity index (χ1v) is 8.11. The first kappa shape index (κ1) is 17.6. The van der Waals surface area contributed by atoms with Gasteiger partial charge in [-0.15, -0.1) is 10.2 Å². The first-order chi connectivity index (χ1) is 11.5. The first-order valence-electron chi connectivity index (χ1n) is 7.13. The van der Waals surface area contributed by atoms with Crippen LogP contribution in [0.25, 0.3) is 11.4 Å². The normalized spacial score (nSPS) is 10.2. The maximum absolute atomic E-state index is 11.6. The number of carbonyl (C=O) groups is 2. The number of aromatic nitrogens is 3. The van der Waals surface area contributed by atoms with Gasteiger partial charge >= 0.3 is 6.03 Å². The fourth-order valence-corrected chi connectivity index (χ4v) is 2.45. The number of ether oxygens (including phenoxy) is 1. The Labute approximate surface area is 142 Å². The van der Waals surface area contributed by atoms with Crippen LogP contribution in [0.15, 0.2) is 29.4 Å². The van der Waals surface area contributed by atoms with E-state index in [9.17, 15) is 9.59 Å². The molecule has 0 aliphatic heterocycles. The zero-order valence-electron chi connectivity index (χ0n) is 13.3. The lowest BCUT2D eigenvalue weighted by molar-refractivity contribution is -0.117. The number of rotatable bonds is 6. The topological polar surface area (TPSA) is 124 Å². The van der Waals surface area contributed by atoms with Crippen LogP contribution in [0.2, 0.25) is 0 Å². The molecule has 2 rings (SSSR count). The Bertz CT molecular complexity index is 716. The summed E-state index contributed by atoms with van der Waals surface area (Å²) in [6.45, 7) is 2.50. The lowest BCUT2D eigenvalue weighted by Gasteiger charge is -2.06. The number of thioether (sulfide) groups is 1. The van der Waals surface area contributed by atoms with Crippen LogP contribution >= 0.6 is 11.8 Å². The van der Waals surface area contributed by atoms with E-state index >= 15 is 0 Å². The molecule has 1 aromatic heterocycles. The van der Waals surface area contributed by atoms with Gasteiger partial charge in [0.2, 0.25) is 11.1 Å². The lowest BCUT2D eigenvalue weighted by Crippen LogP contribution is -2.38. The number of hydrogen-bond donors (Lipinski definition) is 3. The monoisotopic (exact) mass is 350 g/mol. The maximum atomic E-state index is 11.6. The van der Waals surface area contributed by atoms with Crippen molar-refractivity contribution in [3.63, 3.8) is 0 Å². The molecule has 0 spiro atoms. The number of nitrogens with two attached hydrogens (primary N) is 1. The molecule has 2 aromatic rings. The number of nitrogen functional groups attached to an aromatic ring is 1. The molecule has 24 heavy (non-hydrogen) atoms. The van der Waals surface area contributed by atoms with E-state index in [1.807, 2.05) is 31.2 Å². The van der Waals surface area contributed by atoms with Crippen molar-refractivity contribution in [3.05, 3.63) is 24.3 Å². The third-order valence-electron chi connectivity index (χ3n) is 2.90. The molecule has 3 amide bonds. The van der Waals surface area contributed by atoms with Crippen molar-refractivity contribution >= 4 is 23.7 Å². The summed E-state index contributed by atoms with van der Waals surface area (Å²) in [5.41, 5.74) is 0.773. The van der Waals surface area contributed by atoms with Gasteiger partial charge in [-0.2, -0.15) is 0 Å². The molecule has 0 unspecified atom stereocenters. The third-order valence-corrected chi connectivity index (χ3v) is 3.84. The second kappa shape index (κ2) is 8.20. The van der Waals surface area contributed by atoms with Gasteiger partial charge in [-0.05, 0) is 31.2 Å². The van der Waals surface area contributed by atoms with E-state index in [-0.39, 0.29) is 5.75 Å². The van der Waals surface area contributed by atoms with Gasteiger partial charge in [-0.3, -0.25) is 10.1 Å². The summed E-state index contributed by atoms with van der Waals surface area (Å²) in [4.78, 5) is 22.6. The highest BCUT2D eigenvalue weighted by Gasteiger charge is 2.14. The molecule has 0 radical (unpaired) electrons. The molecule has 0 saturated carbocycles. The molecule has 0 bridgehead atoms. The lowest BCUT2D eigenvalue weighted by atomic mass is 10.2. The molecule has 0 aliphatic carbocycles. The van der Waals surface area contributed by atoms with E-state index < -0.39 is 11.9 Å². The molecular weight excluding hydrogens is 332 g/mol. The average molecular weight is 350 g/mol. The zero-order chi connectivity index (χ0) is 17.5. The van der Waals surface area contributed by atoms with Gasteiger partial charge in [0.1, 0.15) is 5.75 Å². The minimum Gasteiger partial charge on any atom is -0.494 e. The van der Waals surface area contributed by atoms with Gasteiger partial charge < -0.3 is 15.9 Å². The van der Waals surface area contributed by atoms with E-state index in [1.165, 1.54) is 11.7 Å². The van der Waals surface area contributed by atoms with Crippen LogP contribution < -0.4 is 21.2 Å². The molecule has 1 heterocycles. The van der Waals surface area contributed by atoms with Gasteiger partial charge in [0, 0.05) is 12.6 Å². The van der Waals surface area contributed by atoms with Crippen LogP contribution in [0.5, 0.6) is 5.75 Å². The van der Waals surface area contributed by atoms with E-state index in [0.29, 0.717) is 17.6 Å². The van der Waals surface area contributed by atoms with Crippen LogP contribution in [0.1, 0.15) is 6.92 Å². The predicted molar refractivity (Wildman–Crippen MR) is 90.1 cm³/mol. The second-order valence-electron chi connectivity index (χ2n) is 4.55. The van der Waals surface area contributed by atoms with Gasteiger partial charge in [0.25, 0.3) is 0 Å². The highest BCUT2D eigenvalue weighted by atomic mass is 32.2. The number of urea groups is 1. The van der Waals surface area contributed by atoms with Crippen LogP contribution in [0.3, 0.4) is 0 Å². The number of nitrogens with zero attached hydrogens (tertiary/aromatic N) is 3. The maximum Gasteiger partial charge on any atom is 0.321 e. The minimum atomic E-state index is -0.565. The molecule has 0 atom stereocenters. The molecular formula is C14H18N6O3S. The molecule has 0 fully saturated rings. The molecule has 0 aliphatic rings. The minimum absolute atomic E-state index is 0.00791. The Morgan fingerprint density at radius 2 is 2.00 bits per heavy atom. The molecule has 4 N–H and O–H groups in total. The van der Waals surface area contributed by atoms with Crippen molar-refractivity contribution in [3.8, 4) is 17.1 Å². The van der Waals surface area contributed by atoms with Gasteiger partial charge in [-0.25, -0.2) is 9.47 Å². The summed E-state index contributed by atoms with van der Waals surface area (Å²) in [6, 6.07) is 6.72. The van der Waals surface area contributed by atoms with E-state index in [0.717, 1.165) is 23.1 Å². The van der Waals surface area contributed by atoms with Crippen molar-refractivity contribution in [2.75, 3.05) is 25.3 Å². The number of amides is 3. The number of imide groups is 1. The molecule has 0 saturated heterocycles. The Morgan fingerprint density at radius 3 is 2.62 bits per heavy atom. The summed E-state index contributed by atoms with van der Waals surface area (Å²) in [5.74, 6) is 6.73. The Hall–Kier alpha value is -2.75. The largest absolute Gasteiger partial charge is 0.494 e. The van der Waals surface area contributed by atoms with E-state index in [4.69, 9.17) is 10.6 Å². The van der Waals surface area contributed by atoms with Crippen LogP contribution in [-0.4, -0.2) is 46.2 Å². The second-order valence-corrected chi connectivity index (χ2v) is 5.49. The van der Waals surface area contributed by atoms with Gasteiger partial charge in [0.05, 0.1) is 12.4 Å². The van der Waals surface area contributed by atoms with Crippen LogP contribution in [0, 0.1) is 0 Å². The average Bonchev–Trinajstić information content (AvgIpc) is 2.94. The number of hydrogen-bond acceptors (Lipinski definition) is 7. The third kappa shape index (κ3) is 4.38. The fourth-order valence-electron chi connectivity index (χ4n) is 1.79. The highest BCUT2D eigenvalue weighted by Crippen LogP contribution is 2.23. The van der Waals surface area contributed by atoms with Crippen LogP contribution in [-0.2, 0) is 4.79 Å². The summed E-state index contributed by atoms with van der Waals surface area (Å²) in [5, 5.41) is 12.8. The Kier molecular flexibility index (Phi) is 6.01. The van der Waals surface area contributed by atoms with Gasteiger partial charge in [-0.1, -0.05) is 11.8 Å². The number of nitrogens with one attached hydrogen (secondary N) is 2. The summed E-state index contributed by atoms with van der Waals surface area (Å²) >= 11 is 1.08. The van der Waals surface area contributed by atoms with Gasteiger partial charge in [0.15, 0.2) is 5.82 Å². The summed E-state index contributed by atoms with van der Waals surface area (Å²) in [7, 11) is 1.43. The smallest absolute Gasteiger partial charge is 0.321 e. The quantitative estimate of drug-likeness (QED) is 0.515. The van der Waals surface area contributed by atoms with Crippen LogP contribution in [0.4, 0.5) is 4.79 Å². The predicted octanol–water partition coefficient (Wildman–Crippen LogP) is 0.605. The molecule has 128 valence electrons. The Morgan fingerprint density at radius 1 is 1.29 bits per heavy atom. The number of carbonyl (C=O) groups excluding carboxylic acids is 2. The standard InChI is InChI=1S/C14H18N6O3S/c1-3-23-10-6-4-9(5-7-10)12-18-19-14(20(12)15)24-8-11(21)17-13(22)16-2/h4-7H,3,8,15H2,1-2H3,(H2,16,17,21,22). The van der Waals surface area contributed by atoms with Crippen molar-refractivity contribution < 1.29 is 14.3 Å². The molecule has 1 aromatic carbocycles. The fraction of sp³-hybridized carbons (Fsp3) is 0.286. The Balaban J connectivity index is 2.02. The molecule has 9 nitrogen and oxygen atoms in total. The van der Waals surface area contributed by atoms with Crippen molar-refractivity contribution in [1.82, 2.24) is 25.5 Å². The SMILES string of the molecule is CCOc1ccc(-c2nnc(SCC(=O)NC(=O)NC)n2N)cc1. The van der Waals surface area contributed by atoms with Crippen molar-refractivity contribution in [1.29, 1.82) is 0 Å². The highest BCUT2D eigenvalue weighted by molar-refractivity contribution is 7.99. The van der Waals surface area contributed by atoms with E-state index in [2.05, 4.69) is 20.8 Å². The van der Waals surface area contributed by atoms with E-state index in [1.54, 1.807) is 0 Å². The summed E-state index contributed by atoms with van der Waals surface area (Å²) < 4.78 is 6.68. The molecule has 10 heteroatoms. The van der Waals surface area contributed by atoms with Crippen molar-refractivity contribution in [2.45, 2.75) is 12.1 Å². The number of benzene rings is 1.